The highest BCUT2D eigenvalue weighted by Gasteiger charge is 2.17. The lowest BCUT2D eigenvalue weighted by atomic mass is 10.2. The minimum Gasteiger partial charge on any atom is -0.408 e. The Morgan fingerprint density at radius 1 is 1.18 bits per heavy atom. The summed E-state index contributed by atoms with van der Waals surface area (Å²) in [5, 5.41) is 0.605. The van der Waals surface area contributed by atoms with E-state index in [0.717, 1.165) is 23.3 Å². The average Bonchev–Trinajstić information content (AvgIpc) is 2.74. The Labute approximate surface area is 129 Å². The largest absolute Gasteiger partial charge is 0.408 e. The molecule has 0 aliphatic heterocycles. The van der Waals surface area contributed by atoms with Crippen LogP contribution in [-0.4, -0.2) is 9.55 Å². The Morgan fingerprint density at radius 3 is 2.59 bits per heavy atom. The first-order chi connectivity index (χ1) is 10.6. The van der Waals surface area contributed by atoms with Crippen molar-refractivity contribution in [1.29, 1.82) is 0 Å². The van der Waals surface area contributed by atoms with Crippen LogP contribution >= 0.6 is 0 Å². The maximum atomic E-state index is 12.3. The van der Waals surface area contributed by atoms with Gasteiger partial charge in [0, 0.05) is 18.7 Å². The van der Waals surface area contributed by atoms with Crippen LogP contribution in [0.25, 0.3) is 11.0 Å². The highest BCUT2D eigenvalue weighted by atomic mass is 16.4. The fourth-order valence-corrected chi connectivity index (χ4v) is 2.78. The molecule has 114 valence electrons. The van der Waals surface area contributed by atoms with Crippen molar-refractivity contribution < 1.29 is 4.42 Å². The van der Waals surface area contributed by atoms with Crippen LogP contribution < -0.4 is 5.63 Å². The summed E-state index contributed by atoms with van der Waals surface area (Å²) in [6.45, 7) is 6.74. The van der Waals surface area contributed by atoms with E-state index >= 15 is 0 Å². The lowest BCUT2D eigenvalue weighted by Crippen LogP contribution is -2.08. The van der Waals surface area contributed by atoms with Crippen LogP contribution in [0.15, 0.2) is 39.5 Å². The number of hydrogen-bond acceptors (Lipinski definition) is 3. The lowest BCUT2D eigenvalue weighted by molar-refractivity contribution is 0.440. The molecule has 2 heterocycles. The predicted octanol–water partition coefficient (Wildman–Crippen LogP) is 3.61. The fourth-order valence-electron chi connectivity index (χ4n) is 2.78. The molecule has 0 N–H and O–H groups in total. The molecule has 22 heavy (non-hydrogen) atoms. The molecule has 3 aromatic rings. The van der Waals surface area contributed by atoms with E-state index < -0.39 is 0 Å². The summed E-state index contributed by atoms with van der Waals surface area (Å²) in [5.41, 5.74) is 3.66. The van der Waals surface area contributed by atoms with Crippen molar-refractivity contribution in [3.63, 3.8) is 0 Å². The van der Waals surface area contributed by atoms with Crippen molar-refractivity contribution in [2.45, 2.75) is 40.2 Å². The molecule has 3 rings (SSSR count). The Bertz CT molecular complexity index is 860. The topological polar surface area (TPSA) is 48.0 Å². The quantitative estimate of drug-likeness (QED) is 0.739. The highest BCUT2D eigenvalue weighted by molar-refractivity contribution is 5.80. The van der Waals surface area contributed by atoms with Crippen LogP contribution in [0, 0.1) is 13.8 Å². The maximum Gasteiger partial charge on any atom is 0.348 e. The van der Waals surface area contributed by atoms with Gasteiger partial charge in [-0.2, -0.15) is 4.98 Å². The van der Waals surface area contributed by atoms with Crippen LogP contribution in [0.1, 0.15) is 36.1 Å². The molecule has 0 saturated heterocycles. The van der Waals surface area contributed by atoms with Gasteiger partial charge in [-0.1, -0.05) is 37.3 Å². The molecule has 0 radical (unpaired) electrons. The zero-order chi connectivity index (χ0) is 15.7. The van der Waals surface area contributed by atoms with Crippen LogP contribution in [0.3, 0.4) is 0 Å². The molecule has 0 aliphatic rings. The van der Waals surface area contributed by atoms with E-state index in [1.807, 2.05) is 39.0 Å². The van der Waals surface area contributed by atoms with E-state index in [1.165, 1.54) is 5.56 Å². The molecule has 0 saturated carbocycles. The van der Waals surface area contributed by atoms with Crippen molar-refractivity contribution in [2.75, 3.05) is 0 Å². The van der Waals surface area contributed by atoms with Gasteiger partial charge in [0.2, 0.25) is 5.89 Å². The molecular weight excluding hydrogens is 276 g/mol. The summed E-state index contributed by atoms with van der Waals surface area (Å²) in [6.07, 6.45) is 1.58. The van der Waals surface area contributed by atoms with Gasteiger partial charge in [-0.05, 0) is 31.4 Å². The zero-order valence-electron chi connectivity index (χ0n) is 13.2. The molecule has 0 amide bonds. The van der Waals surface area contributed by atoms with Crippen molar-refractivity contribution in [1.82, 2.24) is 9.55 Å². The first kappa shape index (κ1) is 14.6. The Morgan fingerprint density at radius 2 is 1.91 bits per heavy atom. The molecule has 0 atom stereocenters. The molecule has 0 spiro atoms. The van der Waals surface area contributed by atoms with Gasteiger partial charge in [-0.3, -0.25) is 0 Å². The highest BCUT2D eigenvalue weighted by Crippen LogP contribution is 2.22. The van der Waals surface area contributed by atoms with E-state index in [0.29, 0.717) is 24.2 Å². The number of fused-ring (bicyclic) bond motifs is 1. The number of benzene rings is 1. The number of hydrogen-bond donors (Lipinski definition) is 0. The summed E-state index contributed by atoms with van der Waals surface area (Å²) in [6, 6.07) is 10.2. The maximum absolute atomic E-state index is 12.3. The van der Waals surface area contributed by atoms with Crippen molar-refractivity contribution in [3.8, 4) is 0 Å². The molecule has 2 aromatic heterocycles. The van der Waals surface area contributed by atoms with Gasteiger partial charge in [0.05, 0.1) is 0 Å². The molecule has 0 aliphatic carbocycles. The second-order valence-corrected chi connectivity index (χ2v) is 5.63. The first-order valence-electron chi connectivity index (χ1n) is 7.65. The summed E-state index contributed by atoms with van der Waals surface area (Å²) >= 11 is 0. The smallest absolute Gasteiger partial charge is 0.348 e. The third kappa shape index (κ3) is 2.45. The SMILES string of the molecule is CCCc1nc2c(c(C)c(C)n2Cc2ccccc2)c(=O)o1. The summed E-state index contributed by atoms with van der Waals surface area (Å²) in [7, 11) is 0. The molecular formula is C18H20N2O2. The number of nitrogens with zero attached hydrogens (tertiary/aromatic N) is 2. The van der Waals surface area contributed by atoms with Gasteiger partial charge in [-0.25, -0.2) is 4.79 Å². The van der Waals surface area contributed by atoms with E-state index in [9.17, 15) is 4.79 Å². The second-order valence-electron chi connectivity index (χ2n) is 5.63. The van der Waals surface area contributed by atoms with Crippen LogP contribution in [-0.2, 0) is 13.0 Å². The van der Waals surface area contributed by atoms with E-state index in [1.54, 1.807) is 0 Å². The van der Waals surface area contributed by atoms with Crippen LogP contribution in [0.4, 0.5) is 0 Å². The van der Waals surface area contributed by atoms with Gasteiger partial charge in [0.1, 0.15) is 5.39 Å². The third-order valence-electron chi connectivity index (χ3n) is 4.09. The second kappa shape index (κ2) is 5.79. The van der Waals surface area contributed by atoms with Crippen molar-refractivity contribution in [2.24, 2.45) is 0 Å². The minimum atomic E-state index is -0.277. The molecule has 0 unspecified atom stereocenters. The van der Waals surface area contributed by atoms with Crippen molar-refractivity contribution >= 4 is 11.0 Å². The Kier molecular flexibility index (Phi) is 3.84. The van der Waals surface area contributed by atoms with Gasteiger partial charge >= 0.3 is 5.63 Å². The Balaban J connectivity index is 2.20. The monoisotopic (exact) mass is 296 g/mol. The van der Waals surface area contributed by atoms with E-state index in [2.05, 4.69) is 21.7 Å². The van der Waals surface area contributed by atoms with Gasteiger partial charge in [-0.15, -0.1) is 0 Å². The van der Waals surface area contributed by atoms with Crippen LogP contribution in [0.5, 0.6) is 0 Å². The third-order valence-corrected chi connectivity index (χ3v) is 4.09. The first-order valence-corrected chi connectivity index (χ1v) is 7.65. The standard InChI is InChI=1S/C18H20N2O2/c1-4-8-15-19-17-16(18(21)22-15)12(2)13(3)20(17)11-14-9-6-5-7-10-14/h5-7,9-10H,4,8,11H2,1-3H3. The summed E-state index contributed by atoms with van der Waals surface area (Å²) in [4.78, 5) is 16.9. The number of aromatic nitrogens is 2. The lowest BCUT2D eigenvalue weighted by Gasteiger charge is -2.08. The number of rotatable bonds is 4. The van der Waals surface area contributed by atoms with E-state index in [4.69, 9.17) is 4.42 Å². The molecule has 4 nitrogen and oxygen atoms in total. The summed E-state index contributed by atoms with van der Waals surface area (Å²) < 4.78 is 7.46. The minimum absolute atomic E-state index is 0.277. The molecule has 4 heteroatoms. The number of aryl methyl sites for hydroxylation is 2. The molecule has 1 aromatic carbocycles. The Hall–Kier alpha value is -2.36. The van der Waals surface area contributed by atoms with Gasteiger partial charge in [0.15, 0.2) is 5.65 Å². The van der Waals surface area contributed by atoms with Gasteiger partial charge < -0.3 is 8.98 Å². The summed E-state index contributed by atoms with van der Waals surface area (Å²) in [5.74, 6) is 0.520. The fraction of sp³-hybridized carbons (Fsp3) is 0.333. The zero-order valence-corrected chi connectivity index (χ0v) is 13.2. The average molecular weight is 296 g/mol. The predicted molar refractivity (Wildman–Crippen MR) is 87.3 cm³/mol. The van der Waals surface area contributed by atoms with Gasteiger partial charge in [0.25, 0.3) is 0 Å². The normalized spacial score (nSPS) is 11.2. The molecule has 0 fully saturated rings. The van der Waals surface area contributed by atoms with Crippen molar-refractivity contribution in [3.05, 3.63) is 63.5 Å². The van der Waals surface area contributed by atoms with E-state index in [-0.39, 0.29) is 5.63 Å². The molecule has 0 bridgehead atoms. The van der Waals surface area contributed by atoms with Crippen LogP contribution in [0.2, 0.25) is 0 Å².